The summed E-state index contributed by atoms with van der Waals surface area (Å²) in [6, 6.07) is 17.6. The minimum atomic E-state index is -0.765. The molecule has 0 spiro atoms. The smallest absolute Gasteiger partial charge is 0.325 e. The molecule has 0 aliphatic carbocycles. The highest BCUT2D eigenvalue weighted by atomic mass is 16.5. The van der Waals surface area contributed by atoms with Gasteiger partial charge in [0.2, 0.25) is 0 Å². The monoisotopic (exact) mass is 439 g/mol. The molecule has 0 aliphatic heterocycles. The Morgan fingerprint density at radius 2 is 1.66 bits per heavy atom. The van der Waals surface area contributed by atoms with Gasteiger partial charge >= 0.3 is 5.97 Å². The first kappa shape index (κ1) is 24.2. The van der Waals surface area contributed by atoms with Gasteiger partial charge in [0.15, 0.2) is 13.2 Å². The minimum Gasteiger partial charge on any atom is -0.494 e. The quantitative estimate of drug-likeness (QED) is 0.503. The molecule has 0 saturated carbocycles. The topological polar surface area (TPSA) is 118 Å². The van der Waals surface area contributed by atoms with Gasteiger partial charge in [0.1, 0.15) is 18.0 Å². The van der Waals surface area contributed by atoms with Gasteiger partial charge in [0.05, 0.1) is 19.1 Å². The summed E-state index contributed by atoms with van der Waals surface area (Å²) < 4.78 is 15.6. The van der Waals surface area contributed by atoms with Crippen molar-refractivity contribution in [3.8, 4) is 17.6 Å². The molecule has 0 aliphatic rings. The van der Waals surface area contributed by atoms with Crippen LogP contribution in [0.2, 0.25) is 0 Å². The van der Waals surface area contributed by atoms with E-state index in [1.54, 1.807) is 48.5 Å². The van der Waals surface area contributed by atoms with Gasteiger partial charge < -0.3 is 24.4 Å². The van der Waals surface area contributed by atoms with Crippen LogP contribution in [0, 0.1) is 11.3 Å². The number of esters is 1. The number of rotatable bonds is 12. The predicted molar refractivity (Wildman–Crippen MR) is 116 cm³/mol. The molecule has 2 amide bonds. The molecular weight excluding hydrogens is 414 g/mol. The molecule has 2 aromatic rings. The van der Waals surface area contributed by atoms with E-state index in [0.717, 1.165) is 0 Å². The van der Waals surface area contributed by atoms with Crippen molar-refractivity contribution in [1.29, 1.82) is 5.26 Å². The number of nitrogens with zero attached hydrogens (tertiary/aromatic N) is 2. The van der Waals surface area contributed by atoms with E-state index in [1.165, 1.54) is 4.90 Å². The van der Waals surface area contributed by atoms with Crippen LogP contribution in [0.3, 0.4) is 0 Å². The third-order valence-corrected chi connectivity index (χ3v) is 4.11. The number of carbonyl (C=O) groups is 3. The van der Waals surface area contributed by atoms with Crippen LogP contribution in [-0.2, 0) is 19.1 Å². The molecule has 0 fully saturated rings. The lowest BCUT2D eigenvalue weighted by molar-refractivity contribution is -0.147. The van der Waals surface area contributed by atoms with E-state index < -0.39 is 30.9 Å². The van der Waals surface area contributed by atoms with Crippen molar-refractivity contribution in [3.05, 3.63) is 54.6 Å². The zero-order chi connectivity index (χ0) is 23.2. The molecule has 2 aromatic carbocycles. The minimum absolute atomic E-state index is 0.115. The van der Waals surface area contributed by atoms with Crippen molar-refractivity contribution in [2.24, 2.45) is 0 Å². The average molecular weight is 439 g/mol. The first-order valence-electron chi connectivity index (χ1n) is 10.0. The van der Waals surface area contributed by atoms with E-state index in [9.17, 15) is 14.4 Å². The summed E-state index contributed by atoms with van der Waals surface area (Å²) >= 11 is 0. The van der Waals surface area contributed by atoms with Gasteiger partial charge in [-0.25, -0.2) is 0 Å². The molecule has 0 unspecified atom stereocenters. The Morgan fingerprint density at radius 3 is 2.31 bits per heavy atom. The number of hydrogen-bond acceptors (Lipinski definition) is 7. The molecule has 0 radical (unpaired) electrons. The van der Waals surface area contributed by atoms with Crippen LogP contribution in [-0.4, -0.2) is 50.7 Å². The average Bonchev–Trinajstić information content (AvgIpc) is 2.82. The maximum absolute atomic E-state index is 12.6. The molecule has 0 saturated heterocycles. The van der Waals surface area contributed by atoms with Crippen LogP contribution in [0.1, 0.15) is 13.3 Å². The first-order valence-corrected chi connectivity index (χ1v) is 10.0. The third kappa shape index (κ3) is 8.36. The highest BCUT2D eigenvalue weighted by Gasteiger charge is 2.18. The molecular formula is C23H25N3O6. The van der Waals surface area contributed by atoms with Crippen molar-refractivity contribution in [1.82, 2.24) is 5.32 Å². The second kappa shape index (κ2) is 13.3. The van der Waals surface area contributed by atoms with Gasteiger partial charge in [0.25, 0.3) is 11.8 Å². The van der Waals surface area contributed by atoms with E-state index >= 15 is 0 Å². The number of para-hydroxylation sites is 1. The molecule has 32 heavy (non-hydrogen) atoms. The lowest BCUT2D eigenvalue weighted by Gasteiger charge is -2.22. The van der Waals surface area contributed by atoms with Gasteiger partial charge in [-0.2, -0.15) is 5.26 Å². The van der Waals surface area contributed by atoms with Crippen LogP contribution in [0.25, 0.3) is 0 Å². The molecule has 1 N–H and O–H groups in total. The van der Waals surface area contributed by atoms with Crippen LogP contribution in [0.4, 0.5) is 5.69 Å². The molecule has 2 rings (SSSR count). The SMILES string of the molecule is CCOc1ccc(N(CCC#N)C(=O)COC(=O)CNC(=O)COc2ccccc2)cc1. The van der Waals surface area contributed by atoms with E-state index in [4.69, 9.17) is 19.5 Å². The standard InChI is InChI=1S/C23H25N3O6/c1-2-30-20-11-9-18(10-12-20)26(14-6-13-24)22(28)17-32-23(29)15-25-21(27)16-31-19-7-4-3-5-8-19/h3-5,7-12H,2,6,14-17H2,1H3,(H,25,27). The number of hydrogen-bond donors (Lipinski definition) is 1. The van der Waals surface area contributed by atoms with Crippen LogP contribution >= 0.6 is 0 Å². The Hall–Kier alpha value is -4.06. The Morgan fingerprint density at radius 1 is 0.969 bits per heavy atom. The van der Waals surface area contributed by atoms with Gasteiger partial charge in [-0.05, 0) is 43.3 Å². The summed E-state index contributed by atoms with van der Waals surface area (Å²) in [5.41, 5.74) is 0.552. The third-order valence-electron chi connectivity index (χ3n) is 4.11. The fourth-order valence-corrected chi connectivity index (χ4v) is 2.61. The molecule has 0 atom stereocenters. The van der Waals surface area contributed by atoms with Gasteiger partial charge in [-0.15, -0.1) is 0 Å². The number of nitriles is 1. The molecule has 0 heterocycles. The molecule has 9 nitrogen and oxygen atoms in total. The summed E-state index contributed by atoms with van der Waals surface area (Å²) in [7, 11) is 0. The van der Waals surface area contributed by atoms with Crippen molar-refractivity contribution >= 4 is 23.5 Å². The molecule has 9 heteroatoms. The van der Waals surface area contributed by atoms with Gasteiger partial charge in [-0.1, -0.05) is 18.2 Å². The second-order valence-electron chi connectivity index (χ2n) is 6.42. The van der Waals surface area contributed by atoms with E-state index in [1.807, 2.05) is 19.1 Å². The van der Waals surface area contributed by atoms with Crippen molar-refractivity contribution < 1.29 is 28.6 Å². The number of anilines is 1. The Bertz CT molecular complexity index is 925. The van der Waals surface area contributed by atoms with E-state index in [2.05, 4.69) is 5.32 Å². The van der Waals surface area contributed by atoms with E-state index in [-0.39, 0.29) is 19.6 Å². The van der Waals surface area contributed by atoms with Crippen molar-refractivity contribution in [2.45, 2.75) is 13.3 Å². The molecule has 168 valence electrons. The number of benzene rings is 2. The maximum atomic E-state index is 12.6. The lowest BCUT2D eigenvalue weighted by Crippen LogP contribution is -2.38. The van der Waals surface area contributed by atoms with Crippen LogP contribution in [0.15, 0.2) is 54.6 Å². The fourth-order valence-electron chi connectivity index (χ4n) is 2.61. The second-order valence-corrected chi connectivity index (χ2v) is 6.42. The van der Waals surface area contributed by atoms with Gasteiger partial charge in [0, 0.05) is 12.2 Å². The highest BCUT2D eigenvalue weighted by molar-refractivity contribution is 5.95. The zero-order valence-electron chi connectivity index (χ0n) is 17.8. The first-order chi connectivity index (χ1) is 15.5. The van der Waals surface area contributed by atoms with Crippen LogP contribution in [0.5, 0.6) is 11.5 Å². The maximum Gasteiger partial charge on any atom is 0.325 e. The summed E-state index contributed by atoms with van der Waals surface area (Å²) in [5, 5.41) is 11.2. The molecule has 0 aromatic heterocycles. The zero-order valence-corrected chi connectivity index (χ0v) is 17.8. The summed E-state index contributed by atoms with van der Waals surface area (Å²) in [6.07, 6.45) is 0.115. The number of ether oxygens (including phenoxy) is 3. The fraction of sp³-hybridized carbons (Fsp3) is 0.304. The highest BCUT2D eigenvalue weighted by Crippen LogP contribution is 2.20. The summed E-state index contributed by atoms with van der Waals surface area (Å²) in [5.74, 6) is -0.568. The molecule has 0 bridgehead atoms. The van der Waals surface area contributed by atoms with Crippen molar-refractivity contribution in [2.75, 3.05) is 37.8 Å². The largest absolute Gasteiger partial charge is 0.494 e. The predicted octanol–water partition coefficient (Wildman–Crippen LogP) is 2.07. The summed E-state index contributed by atoms with van der Waals surface area (Å²) in [4.78, 5) is 37.6. The van der Waals surface area contributed by atoms with Crippen molar-refractivity contribution in [3.63, 3.8) is 0 Å². The number of carbonyl (C=O) groups excluding carboxylic acids is 3. The Balaban J connectivity index is 1.80. The van der Waals surface area contributed by atoms with E-state index in [0.29, 0.717) is 23.8 Å². The van der Waals surface area contributed by atoms with Gasteiger partial charge in [-0.3, -0.25) is 14.4 Å². The Kier molecular flexibility index (Phi) is 10.1. The van der Waals surface area contributed by atoms with Crippen LogP contribution < -0.4 is 19.7 Å². The normalized spacial score (nSPS) is 9.88. The number of nitrogens with one attached hydrogen (secondary N) is 1. The number of amides is 2. The Labute approximate surface area is 186 Å². The summed E-state index contributed by atoms with van der Waals surface area (Å²) in [6.45, 7) is 1.36. The lowest BCUT2D eigenvalue weighted by atomic mass is 10.2.